The van der Waals surface area contributed by atoms with E-state index in [9.17, 15) is 9.59 Å². The van der Waals surface area contributed by atoms with Gasteiger partial charge in [-0.1, -0.05) is 0 Å². The zero-order valence-corrected chi connectivity index (χ0v) is 6.30. The minimum Gasteiger partial charge on any atom is -0.353 e. The molecule has 0 bridgehead atoms. The Bertz CT molecular complexity index is 210. The molecule has 0 aromatic rings. The van der Waals surface area contributed by atoms with E-state index in [1.54, 1.807) is 0 Å². The number of fused-ring (bicyclic) bond motifs is 1. The first-order chi connectivity index (χ1) is 5.25. The van der Waals surface area contributed by atoms with Gasteiger partial charge in [0.1, 0.15) is 5.78 Å². The molecule has 3 heteroatoms. The molecule has 2 unspecified atom stereocenters. The number of hydrogen-bond donors (Lipinski definition) is 1. The zero-order chi connectivity index (χ0) is 7.84. The summed E-state index contributed by atoms with van der Waals surface area (Å²) >= 11 is 0. The second-order valence-corrected chi connectivity index (χ2v) is 3.42. The highest BCUT2D eigenvalue weighted by molar-refractivity contribution is 5.84. The average molecular weight is 153 g/mol. The largest absolute Gasteiger partial charge is 0.353 e. The normalized spacial score (nSPS) is 36.7. The molecule has 0 radical (unpaired) electrons. The summed E-state index contributed by atoms with van der Waals surface area (Å²) < 4.78 is 0. The highest BCUT2D eigenvalue weighted by Crippen LogP contribution is 2.28. The first kappa shape index (κ1) is 6.83. The molecule has 1 N–H and O–H groups in total. The van der Waals surface area contributed by atoms with Gasteiger partial charge in [0, 0.05) is 25.3 Å². The van der Waals surface area contributed by atoms with E-state index in [2.05, 4.69) is 5.32 Å². The molecule has 3 nitrogen and oxygen atoms in total. The van der Waals surface area contributed by atoms with Crippen LogP contribution in [0, 0.1) is 5.92 Å². The van der Waals surface area contributed by atoms with Crippen LogP contribution < -0.4 is 5.32 Å². The Balaban J connectivity index is 2.08. The number of Topliss-reactive ketones (excluding diaryl/α,β-unsaturated/α-hetero) is 1. The quantitative estimate of drug-likeness (QED) is 0.542. The van der Waals surface area contributed by atoms with Crippen molar-refractivity contribution in [2.75, 3.05) is 0 Å². The van der Waals surface area contributed by atoms with Crippen molar-refractivity contribution in [3.05, 3.63) is 0 Å². The molecule has 2 aliphatic rings. The summed E-state index contributed by atoms with van der Waals surface area (Å²) in [7, 11) is 0. The topological polar surface area (TPSA) is 46.2 Å². The van der Waals surface area contributed by atoms with Gasteiger partial charge in [0.25, 0.3) is 0 Å². The molecule has 1 saturated heterocycles. The van der Waals surface area contributed by atoms with Crippen LogP contribution in [0.15, 0.2) is 0 Å². The molecule has 2 fully saturated rings. The lowest BCUT2D eigenvalue weighted by Crippen LogP contribution is -2.33. The van der Waals surface area contributed by atoms with E-state index in [1.807, 2.05) is 0 Å². The predicted molar refractivity (Wildman–Crippen MR) is 38.9 cm³/mol. The van der Waals surface area contributed by atoms with Crippen molar-refractivity contribution >= 4 is 11.7 Å². The Morgan fingerprint density at radius 2 is 2.09 bits per heavy atom. The Morgan fingerprint density at radius 1 is 1.27 bits per heavy atom. The van der Waals surface area contributed by atoms with Crippen LogP contribution in [-0.4, -0.2) is 17.7 Å². The molecule has 1 heterocycles. The SMILES string of the molecule is O=C1CCC2NC(=O)CC2C1. The predicted octanol–water partition coefficient (Wildman–Crippen LogP) is 0.244. The van der Waals surface area contributed by atoms with Gasteiger partial charge in [0.15, 0.2) is 0 Å². The number of nitrogens with one attached hydrogen (secondary N) is 1. The van der Waals surface area contributed by atoms with Gasteiger partial charge in [0.05, 0.1) is 0 Å². The number of amides is 1. The lowest BCUT2D eigenvalue weighted by atomic mass is 9.85. The van der Waals surface area contributed by atoms with Crippen molar-refractivity contribution in [1.29, 1.82) is 0 Å². The van der Waals surface area contributed by atoms with Crippen molar-refractivity contribution in [3.63, 3.8) is 0 Å². The number of carbonyl (C=O) groups excluding carboxylic acids is 2. The van der Waals surface area contributed by atoms with Gasteiger partial charge in [0.2, 0.25) is 5.91 Å². The molecule has 1 aliphatic heterocycles. The molecule has 1 amide bonds. The van der Waals surface area contributed by atoms with Crippen LogP contribution in [0.25, 0.3) is 0 Å². The standard InChI is InChI=1S/C8H11NO2/c10-6-1-2-7-5(3-6)4-8(11)9-7/h5,7H,1-4H2,(H,9,11). The molecule has 1 saturated carbocycles. The lowest BCUT2D eigenvalue weighted by molar-refractivity contribution is -0.121. The molecular formula is C8H11NO2. The average Bonchev–Trinajstić information content (AvgIpc) is 2.27. The molecule has 2 rings (SSSR count). The molecular weight excluding hydrogens is 142 g/mol. The minimum atomic E-state index is 0.120. The fraction of sp³-hybridized carbons (Fsp3) is 0.750. The van der Waals surface area contributed by atoms with Crippen LogP contribution in [0.3, 0.4) is 0 Å². The number of carbonyl (C=O) groups is 2. The maximum atomic E-state index is 11.0. The summed E-state index contributed by atoms with van der Waals surface area (Å²) in [5, 5.41) is 2.89. The van der Waals surface area contributed by atoms with Gasteiger partial charge in [-0.15, -0.1) is 0 Å². The van der Waals surface area contributed by atoms with Gasteiger partial charge in [-0.25, -0.2) is 0 Å². The summed E-state index contributed by atoms with van der Waals surface area (Å²) in [6.45, 7) is 0. The van der Waals surface area contributed by atoms with Gasteiger partial charge in [-0.2, -0.15) is 0 Å². The molecule has 0 aromatic heterocycles. The molecule has 2 atom stereocenters. The molecule has 60 valence electrons. The molecule has 0 aromatic carbocycles. The van der Waals surface area contributed by atoms with E-state index in [0.29, 0.717) is 37.0 Å². The third-order valence-corrected chi connectivity index (χ3v) is 2.59. The van der Waals surface area contributed by atoms with Gasteiger partial charge in [-0.3, -0.25) is 9.59 Å². The van der Waals surface area contributed by atoms with Crippen molar-refractivity contribution < 1.29 is 9.59 Å². The van der Waals surface area contributed by atoms with Crippen LogP contribution in [-0.2, 0) is 9.59 Å². The van der Waals surface area contributed by atoms with Crippen LogP contribution >= 0.6 is 0 Å². The van der Waals surface area contributed by atoms with Gasteiger partial charge in [-0.05, 0) is 12.3 Å². The van der Waals surface area contributed by atoms with E-state index >= 15 is 0 Å². The van der Waals surface area contributed by atoms with E-state index in [0.717, 1.165) is 6.42 Å². The molecule has 1 aliphatic carbocycles. The zero-order valence-electron chi connectivity index (χ0n) is 6.30. The summed E-state index contributed by atoms with van der Waals surface area (Å²) in [5.74, 6) is 0.751. The van der Waals surface area contributed by atoms with Crippen LogP contribution in [0.1, 0.15) is 25.7 Å². The summed E-state index contributed by atoms with van der Waals surface area (Å²) in [5.41, 5.74) is 0. The van der Waals surface area contributed by atoms with Gasteiger partial charge >= 0.3 is 0 Å². The van der Waals surface area contributed by atoms with E-state index < -0.39 is 0 Å². The Kier molecular flexibility index (Phi) is 1.44. The third kappa shape index (κ3) is 1.15. The van der Waals surface area contributed by atoms with E-state index in [1.165, 1.54) is 0 Å². The van der Waals surface area contributed by atoms with Crippen molar-refractivity contribution in [3.8, 4) is 0 Å². The summed E-state index contributed by atoms with van der Waals surface area (Å²) in [4.78, 5) is 21.9. The molecule has 0 spiro atoms. The lowest BCUT2D eigenvalue weighted by Gasteiger charge is -2.22. The number of rotatable bonds is 0. The van der Waals surface area contributed by atoms with Crippen LogP contribution in [0.4, 0.5) is 0 Å². The van der Waals surface area contributed by atoms with E-state index in [4.69, 9.17) is 0 Å². The number of ketones is 1. The highest BCUT2D eigenvalue weighted by atomic mass is 16.2. The van der Waals surface area contributed by atoms with Crippen molar-refractivity contribution in [2.45, 2.75) is 31.7 Å². The van der Waals surface area contributed by atoms with Crippen molar-refractivity contribution in [2.24, 2.45) is 5.92 Å². The second-order valence-electron chi connectivity index (χ2n) is 3.42. The first-order valence-corrected chi connectivity index (χ1v) is 4.07. The maximum absolute atomic E-state index is 11.0. The fourth-order valence-corrected chi connectivity index (χ4v) is 2.00. The maximum Gasteiger partial charge on any atom is 0.220 e. The Hall–Kier alpha value is -0.860. The fourth-order valence-electron chi connectivity index (χ4n) is 2.00. The van der Waals surface area contributed by atoms with Crippen LogP contribution in [0.2, 0.25) is 0 Å². The van der Waals surface area contributed by atoms with E-state index in [-0.39, 0.29) is 5.91 Å². The number of hydrogen-bond acceptors (Lipinski definition) is 2. The van der Waals surface area contributed by atoms with Crippen molar-refractivity contribution in [1.82, 2.24) is 5.32 Å². The third-order valence-electron chi connectivity index (χ3n) is 2.59. The monoisotopic (exact) mass is 153 g/mol. The summed E-state index contributed by atoms with van der Waals surface area (Å²) in [6, 6.07) is 0.306. The Labute approximate surface area is 65.2 Å². The Morgan fingerprint density at radius 3 is 2.91 bits per heavy atom. The van der Waals surface area contributed by atoms with Gasteiger partial charge < -0.3 is 5.32 Å². The smallest absolute Gasteiger partial charge is 0.220 e. The highest BCUT2D eigenvalue weighted by Gasteiger charge is 2.36. The second kappa shape index (κ2) is 2.32. The van der Waals surface area contributed by atoms with Crippen LogP contribution in [0.5, 0.6) is 0 Å². The first-order valence-electron chi connectivity index (χ1n) is 4.07. The molecule has 11 heavy (non-hydrogen) atoms. The summed E-state index contributed by atoms with van der Waals surface area (Å²) in [6.07, 6.45) is 2.69. The minimum absolute atomic E-state index is 0.120.